The second-order valence-corrected chi connectivity index (χ2v) is 6.24. The third kappa shape index (κ3) is 4.06. The smallest absolute Gasteiger partial charge is 0.273 e. The molecule has 0 saturated carbocycles. The molecule has 0 radical (unpaired) electrons. The number of nitro benzene ring substituents is 1. The average Bonchev–Trinajstić information content (AvgIpc) is 3.17. The lowest BCUT2D eigenvalue weighted by Gasteiger charge is -2.10. The van der Waals surface area contributed by atoms with Gasteiger partial charge in [0.25, 0.3) is 11.6 Å². The molecule has 0 aliphatic heterocycles. The Bertz CT molecular complexity index is 1170. The molecule has 0 aliphatic carbocycles. The first-order valence-corrected chi connectivity index (χ1v) is 8.81. The maximum absolute atomic E-state index is 12.4. The van der Waals surface area contributed by atoms with Crippen molar-refractivity contribution in [1.82, 2.24) is 9.97 Å². The van der Waals surface area contributed by atoms with Crippen LogP contribution in [0.5, 0.6) is 5.75 Å². The number of aromatic amines is 1. The Morgan fingerprint density at radius 1 is 1.07 bits per heavy atom. The number of para-hydroxylation sites is 3. The van der Waals surface area contributed by atoms with E-state index in [1.54, 1.807) is 12.1 Å². The van der Waals surface area contributed by atoms with E-state index in [2.05, 4.69) is 15.3 Å². The fraction of sp³-hybridized carbons (Fsp3) is 0.0476. The summed E-state index contributed by atoms with van der Waals surface area (Å²) in [6, 6.07) is 20.7. The van der Waals surface area contributed by atoms with Gasteiger partial charge in [-0.05, 0) is 30.3 Å². The molecule has 3 aromatic carbocycles. The number of nitrogens with one attached hydrogen (secondary N) is 2. The first-order valence-electron chi connectivity index (χ1n) is 8.81. The molecule has 8 nitrogen and oxygen atoms in total. The third-order valence-corrected chi connectivity index (χ3v) is 4.24. The summed E-state index contributed by atoms with van der Waals surface area (Å²) in [4.78, 5) is 30.5. The van der Waals surface area contributed by atoms with Gasteiger partial charge in [0.1, 0.15) is 11.6 Å². The Morgan fingerprint density at radius 3 is 2.69 bits per heavy atom. The summed E-state index contributed by atoms with van der Waals surface area (Å²) in [6.45, 7) is -0.282. The molecule has 29 heavy (non-hydrogen) atoms. The third-order valence-electron chi connectivity index (χ3n) is 4.24. The summed E-state index contributed by atoms with van der Waals surface area (Å²) >= 11 is 0. The van der Waals surface area contributed by atoms with Crippen molar-refractivity contribution in [3.05, 3.63) is 82.9 Å². The molecule has 0 bridgehead atoms. The molecule has 4 aromatic rings. The van der Waals surface area contributed by atoms with E-state index < -0.39 is 4.92 Å². The molecule has 4 rings (SSSR count). The van der Waals surface area contributed by atoms with E-state index in [1.807, 2.05) is 42.5 Å². The van der Waals surface area contributed by atoms with Crippen molar-refractivity contribution in [1.29, 1.82) is 0 Å². The van der Waals surface area contributed by atoms with Gasteiger partial charge in [0.2, 0.25) is 0 Å². The molecule has 0 atom stereocenters. The average molecular weight is 388 g/mol. The molecule has 144 valence electrons. The number of aromatic nitrogens is 2. The highest BCUT2D eigenvalue weighted by atomic mass is 16.6. The topological polar surface area (TPSA) is 110 Å². The number of hydrogen-bond acceptors (Lipinski definition) is 5. The minimum atomic E-state index is -0.517. The Kier molecular flexibility index (Phi) is 4.90. The maximum Gasteiger partial charge on any atom is 0.273 e. The molecule has 0 aliphatic rings. The van der Waals surface area contributed by atoms with Crippen LogP contribution in [0.25, 0.3) is 22.4 Å². The molecule has 1 amide bonds. The zero-order chi connectivity index (χ0) is 20.2. The Balaban J connectivity index is 1.49. The molecule has 0 saturated heterocycles. The summed E-state index contributed by atoms with van der Waals surface area (Å²) in [7, 11) is 0. The van der Waals surface area contributed by atoms with Gasteiger partial charge in [-0.3, -0.25) is 14.9 Å². The number of amides is 1. The van der Waals surface area contributed by atoms with Crippen molar-refractivity contribution in [2.75, 3.05) is 11.9 Å². The van der Waals surface area contributed by atoms with Gasteiger partial charge in [-0.15, -0.1) is 0 Å². The van der Waals surface area contributed by atoms with E-state index in [0.29, 0.717) is 11.5 Å². The van der Waals surface area contributed by atoms with Crippen LogP contribution in [-0.4, -0.2) is 27.4 Å². The van der Waals surface area contributed by atoms with Crippen molar-refractivity contribution in [2.24, 2.45) is 0 Å². The van der Waals surface area contributed by atoms with Gasteiger partial charge in [-0.2, -0.15) is 0 Å². The number of rotatable bonds is 6. The molecule has 1 aromatic heterocycles. The number of hydrogen-bond donors (Lipinski definition) is 2. The van der Waals surface area contributed by atoms with Crippen LogP contribution >= 0.6 is 0 Å². The van der Waals surface area contributed by atoms with Gasteiger partial charge in [-0.1, -0.05) is 30.3 Å². The van der Waals surface area contributed by atoms with E-state index in [9.17, 15) is 14.9 Å². The Hall–Kier alpha value is -4.20. The molecule has 0 fully saturated rings. The van der Waals surface area contributed by atoms with Gasteiger partial charge < -0.3 is 15.0 Å². The summed E-state index contributed by atoms with van der Waals surface area (Å²) in [5.41, 5.74) is 2.96. The van der Waals surface area contributed by atoms with E-state index in [-0.39, 0.29) is 24.0 Å². The van der Waals surface area contributed by atoms with Crippen LogP contribution in [0.1, 0.15) is 0 Å². The Labute approximate surface area is 165 Å². The van der Waals surface area contributed by atoms with Crippen LogP contribution < -0.4 is 10.1 Å². The molecule has 2 N–H and O–H groups in total. The monoisotopic (exact) mass is 388 g/mol. The molecule has 1 heterocycles. The van der Waals surface area contributed by atoms with Crippen molar-refractivity contribution in [2.45, 2.75) is 0 Å². The number of ether oxygens (including phenoxy) is 1. The number of imidazole rings is 1. The molecular weight excluding hydrogens is 372 g/mol. The summed E-state index contributed by atoms with van der Waals surface area (Å²) < 4.78 is 5.38. The highest BCUT2D eigenvalue weighted by Crippen LogP contribution is 2.27. The van der Waals surface area contributed by atoms with Crippen LogP contribution in [-0.2, 0) is 4.79 Å². The number of H-pyrrole nitrogens is 1. The van der Waals surface area contributed by atoms with Crippen LogP contribution in [0.15, 0.2) is 72.8 Å². The van der Waals surface area contributed by atoms with Crippen LogP contribution in [0.4, 0.5) is 11.4 Å². The van der Waals surface area contributed by atoms with Crippen molar-refractivity contribution >= 4 is 28.3 Å². The van der Waals surface area contributed by atoms with Crippen LogP contribution in [0, 0.1) is 10.1 Å². The number of carbonyl (C=O) groups excluding carboxylic acids is 1. The largest absolute Gasteiger partial charge is 0.484 e. The van der Waals surface area contributed by atoms with Gasteiger partial charge in [0, 0.05) is 11.6 Å². The second-order valence-electron chi connectivity index (χ2n) is 6.24. The van der Waals surface area contributed by atoms with E-state index in [1.165, 1.54) is 18.2 Å². The molecule has 0 spiro atoms. The normalized spacial score (nSPS) is 10.6. The predicted octanol–water partition coefficient (Wildman–Crippen LogP) is 4.16. The van der Waals surface area contributed by atoms with Crippen molar-refractivity contribution in [3.63, 3.8) is 0 Å². The molecular formula is C21H16N4O4. The minimum absolute atomic E-state index is 0.0989. The van der Waals surface area contributed by atoms with E-state index >= 15 is 0 Å². The number of benzene rings is 3. The van der Waals surface area contributed by atoms with Gasteiger partial charge >= 0.3 is 0 Å². The SMILES string of the molecule is O=C(COc1cccc([N+](=O)[O-])c1)Nc1ccccc1-c1nc2ccccc2[nH]1. The quantitative estimate of drug-likeness (QED) is 0.381. The standard InChI is InChI=1S/C21H16N4O4/c26-20(13-29-15-7-5-6-14(12-15)25(27)28)22-17-9-2-1-8-16(17)21-23-18-10-3-4-11-19(18)24-21/h1-12H,13H2,(H,22,26)(H,23,24). The summed E-state index contributed by atoms with van der Waals surface area (Å²) in [5, 5.41) is 13.6. The predicted molar refractivity (Wildman–Crippen MR) is 109 cm³/mol. The number of anilines is 1. The van der Waals surface area contributed by atoms with Crippen LogP contribution in [0.3, 0.4) is 0 Å². The number of nitro groups is 1. The number of non-ortho nitro benzene ring substituents is 1. The first kappa shape index (κ1) is 18.2. The molecule has 0 unspecified atom stereocenters. The van der Waals surface area contributed by atoms with Gasteiger partial charge in [0.15, 0.2) is 6.61 Å². The van der Waals surface area contributed by atoms with Gasteiger partial charge in [0.05, 0.1) is 27.7 Å². The fourth-order valence-electron chi connectivity index (χ4n) is 2.90. The zero-order valence-corrected chi connectivity index (χ0v) is 15.2. The highest BCUT2D eigenvalue weighted by molar-refractivity contribution is 5.96. The zero-order valence-electron chi connectivity index (χ0n) is 15.2. The van der Waals surface area contributed by atoms with Gasteiger partial charge in [-0.25, -0.2) is 4.98 Å². The highest BCUT2D eigenvalue weighted by Gasteiger charge is 2.13. The Morgan fingerprint density at radius 2 is 1.86 bits per heavy atom. The van der Waals surface area contributed by atoms with Crippen molar-refractivity contribution < 1.29 is 14.5 Å². The second kappa shape index (κ2) is 7.81. The minimum Gasteiger partial charge on any atom is -0.484 e. The summed E-state index contributed by atoms with van der Waals surface area (Å²) in [5.74, 6) is 0.502. The fourth-order valence-corrected chi connectivity index (χ4v) is 2.90. The summed E-state index contributed by atoms with van der Waals surface area (Å²) in [6.07, 6.45) is 0. The lowest BCUT2D eigenvalue weighted by atomic mass is 10.1. The molecule has 8 heteroatoms. The first-order chi connectivity index (χ1) is 14.1. The maximum atomic E-state index is 12.4. The number of nitrogens with zero attached hydrogens (tertiary/aromatic N) is 2. The lowest BCUT2D eigenvalue weighted by molar-refractivity contribution is -0.384. The lowest BCUT2D eigenvalue weighted by Crippen LogP contribution is -2.20. The van der Waals surface area contributed by atoms with E-state index in [4.69, 9.17) is 4.74 Å². The number of fused-ring (bicyclic) bond motifs is 1. The number of carbonyl (C=O) groups is 1. The van der Waals surface area contributed by atoms with Crippen molar-refractivity contribution in [3.8, 4) is 17.1 Å². The van der Waals surface area contributed by atoms with E-state index in [0.717, 1.165) is 16.6 Å². The van der Waals surface area contributed by atoms with Crippen LogP contribution in [0.2, 0.25) is 0 Å².